The first kappa shape index (κ1) is 37.1. The lowest BCUT2D eigenvalue weighted by atomic mass is 9.98. The van der Waals surface area contributed by atoms with Gasteiger partial charge in [-0.3, -0.25) is 4.57 Å². The van der Waals surface area contributed by atoms with Crippen LogP contribution in [0.5, 0.6) is 0 Å². The molecule has 0 N–H and O–H groups in total. The number of thiazole rings is 1. The van der Waals surface area contributed by atoms with Crippen LogP contribution in [-0.4, -0.2) is 29.1 Å². The highest BCUT2D eigenvalue weighted by atomic mass is 32.1. The molecule has 0 aliphatic carbocycles. The summed E-state index contributed by atoms with van der Waals surface area (Å²) in [5.41, 5.74) is 13.9. The lowest BCUT2D eigenvalue weighted by Crippen LogP contribution is -2.07. The van der Waals surface area contributed by atoms with Crippen LogP contribution < -0.4 is 0 Å². The summed E-state index contributed by atoms with van der Waals surface area (Å²) in [5, 5.41) is 5.57. The maximum absolute atomic E-state index is 5.38. The number of rotatable bonds is 7. The van der Waals surface area contributed by atoms with Gasteiger partial charge in [0.25, 0.3) is 0 Å². The van der Waals surface area contributed by atoms with Crippen molar-refractivity contribution in [3.63, 3.8) is 0 Å². The summed E-state index contributed by atoms with van der Waals surface area (Å²) in [7, 11) is 0. The van der Waals surface area contributed by atoms with E-state index in [0.29, 0.717) is 17.6 Å². The van der Waals surface area contributed by atoms with E-state index in [1.807, 2.05) is 24.3 Å². The molecule has 13 rings (SSSR count). The Kier molecular flexibility index (Phi) is 8.60. The van der Waals surface area contributed by atoms with E-state index < -0.39 is 0 Å². The summed E-state index contributed by atoms with van der Waals surface area (Å²) in [5.74, 6) is 1.76. The summed E-state index contributed by atoms with van der Waals surface area (Å²) in [6, 6.07) is 76.9. The molecule has 13 aromatic rings. The summed E-state index contributed by atoms with van der Waals surface area (Å²) in [6.07, 6.45) is 0. The third-order valence-corrected chi connectivity index (χ3v) is 13.5. The van der Waals surface area contributed by atoms with Gasteiger partial charge in [0.05, 0.1) is 32.3 Å². The molecule has 9 aromatic carbocycles. The van der Waals surface area contributed by atoms with Gasteiger partial charge in [0.2, 0.25) is 5.95 Å². The first-order valence-electron chi connectivity index (χ1n) is 21.7. The highest BCUT2D eigenvalue weighted by Crippen LogP contribution is 2.42. The third-order valence-electron chi connectivity index (χ3n) is 12.4. The Morgan fingerprint density at radius 1 is 0.323 bits per heavy atom. The standard InChI is InChI=1S/C58H36N6S/c1-3-14-37(15-4-1)42-18-13-19-43(36-42)38-26-28-40(29-27-38)56-60-55(39-16-5-2-6-17-39)61-58(62-56)64-51-24-11-8-21-46(51)48-35-34-47-45-20-7-10-23-50(45)63(53(47)54(48)64)44-32-30-41(31-33-44)57-59-49-22-9-12-25-52(49)65-57/h1-36H. The van der Waals surface area contributed by atoms with Crippen molar-refractivity contribution in [3.05, 3.63) is 218 Å². The third kappa shape index (κ3) is 6.24. The molecule has 0 spiro atoms. The fourth-order valence-corrected chi connectivity index (χ4v) is 10.3. The van der Waals surface area contributed by atoms with Crippen molar-refractivity contribution < 1.29 is 0 Å². The molecule has 0 fully saturated rings. The van der Waals surface area contributed by atoms with Crippen molar-refractivity contribution in [1.82, 2.24) is 29.1 Å². The Labute approximate surface area is 378 Å². The predicted octanol–water partition coefficient (Wildman–Crippen LogP) is 15.0. The van der Waals surface area contributed by atoms with E-state index in [1.165, 1.54) is 21.2 Å². The van der Waals surface area contributed by atoms with Gasteiger partial charge in [0.1, 0.15) is 5.01 Å². The molecule has 4 heterocycles. The number of para-hydroxylation sites is 3. The SMILES string of the molecule is c1ccc(-c2cccc(-c3ccc(-c4nc(-c5ccccc5)nc(-n5c6ccccc6c6ccc7c8ccccc8n(-c8ccc(-c9nc%10ccccc%10s9)cc8)c7c65)n4)cc3)c2)cc1. The number of hydrogen-bond acceptors (Lipinski definition) is 5. The van der Waals surface area contributed by atoms with Gasteiger partial charge in [-0.2, -0.15) is 9.97 Å². The Bertz CT molecular complexity index is 3890. The quantitative estimate of drug-likeness (QED) is 0.160. The molecule has 0 aliphatic rings. The fourth-order valence-electron chi connectivity index (χ4n) is 9.36. The zero-order valence-electron chi connectivity index (χ0n) is 34.9. The minimum absolute atomic E-state index is 0.551. The average molecular weight is 849 g/mol. The van der Waals surface area contributed by atoms with Crippen LogP contribution in [0.25, 0.3) is 121 Å². The van der Waals surface area contributed by atoms with Gasteiger partial charge in [-0.25, -0.2) is 9.97 Å². The Morgan fingerprint density at radius 2 is 0.815 bits per heavy atom. The Balaban J connectivity index is 1.02. The van der Waals surface area contributed by atoms with Crippen LogP contribution in [0.4, 0.5) is 0 Å². The number of nitrogens with zero attached hydrogens (tertiary/aromatic N) is 6. The molecule has 4 aromatic heterocycles. The Hall–Kier alpha value is -8.52. The molecular weight excluding hydrogens is 813 g/mol. The van der Waals surface area contributed by atoms with E-state index in [-0.39, 0.29) is 0 Å². The van der Waals surface area contributed by atoms with Crippen LogP contribution in [-0.2, 0) is 0 Å². The van der Waals surface area contributed by atoms with Gasteiger partial charge in [0.15, 0.2) is 11.6 Å². The topological polar surface area (TPSA) is 61.4 Å². The molecular formula is C58H36N6S. The highest BCUT2D eigenvalue weighted by molar-refractivity contribution is 7.21. The van der Waals surface area contributed by atoms with Crippen molar-refractivity contribution in [1.29, 1.82) is 0 Å². The molecule has 304 valence electrons. The van der Waals surface area contributed by atoms with Gasteiger partial charge < -0.3 is 4.57 Å². The van der Waals surface area contributed by atoms with Gasteiger partial charge in [-0.05, 0) is 76.9 Å². The molecule has 0 atom stereocenters. The smallest absolute Gasteiger partial charge is 0.238 e. The largest absolute Gasteiger partial charge is 0.307 e. The van der Waals surface area contributed by atoms with Crippen LogP contribution in [0.3, 0.4) is 0 Å². The zero-order valence-corrected chi connectivity index (χ0v) is 35.7. The van der Waals surface area contributed by atoms with Crippen LogP contribution in [0.15, 0.2) is 218 Å². The van der Waals surface area contributed by atoms with Crippen LogP contribution in [0.2, 0.25) is 0 Å². The van der Waals surface area contributed by atoms with Crippen molar-refractivity contribution in [2.75, 3.05) is 0 Å². The second kappa shape index (κ2) is 15.1. The van der Waals surface area contributed by atoms with Gasteiger partial charge in [-0.15, -0.1) is 11.3 Å². The van der Waals surface area contributed by atoms with E-state index in [9.17, 15) is 0 Å². The molecule has 6 nitrogen and oxygen atoms in total. The second-order valence-corrected chi connectivity index (χ2v) is 17.3. The monoisotopic (exact) mass is 848 g/mol. The molecule has 0 saturated heterocycles. The van der Waals surface area contributed by atoms with E-state index in [4.69, 9.17) is 19.9 Å². The van der Waals surface area contributed by atoms with Crippen molar-refractivity contribution in [2.24, 2.45) is 0 Å². The van der Waals surface area contributed by atoms with Gasteiger partial charge >= 0.3 is 0 Å². The second-order valence-electron chi connectivity index (χ2n) is 16.3. The normalized spacial score (nSPS) is 11.7. The predicted molar refractivity (Wildman–Crippen MR) is 269 cm³/mol. The fraction of sp³-hybridized carbons (Fsp3) is 0. The Morgan fingerprint density at radius 3 is 1.48 bits per heavy atom. The van der Waals surface area contributed by atoms with Crippen LogP contribution in [0.1, 0.15) is 0 Å². The van der Waals surface area contributed by atoms with E-state index in [0.717, 1.165) is 82.3 Å². The molecule has 65 heavy (non-hydrogen) atoms. The molecule has 7 heteroatoms. The maximum atomic E-state index is 5.38. The van der Waals surface area contributed by atoms with Crippen molar-refractivity contribution in [3.8, 4) is 67.2 Å². The maximum Gasteiger partial charge on any atom is 0.238 e. The van der Waals surface area contributed by atoms with Crippen LogP contribution in [0, 0.1) is 0 Å². The average Bonchev–Trinajstić information content (AvgIpc) is 4.08. The van der Waals surface area contributed by atoms with E-state index >= 15 is 0 Å². The number of hydrogen-bond donors (Lipinski definition) is 0. The summed E-state index contributed by atoms with van der Waals surface area (Å²) in [6.45, 7) is 0. The summed E-state index contributed by atoms with van der Waals surface area (Å²) < 4.78 is 5.83. The molecule has 0 unspecified atom stereocenters. The first-order chi connectivity index (χ1) is 32.2. The molecule has 0 aliphatic heterocycles. The van der Waals surface area contributed by atoms with Gasteiger partial charge in [-0.1, -0.05) is 164 Å². The highest BCUT2D eigenvalue weighted by Gasteiger charge is 2.24. The molecule has 0 radical (unpaired) electrons. The zero-order chi connectivity index (χ0) is 42.8. The van der Waals surface area contributed by atoms with Crippen molar-refractivity contribution in [2.45, 2.75) is 0 Å². The number of fused-ring (bicyclic) bond motifs is 8. The summed E-state index contributed by atoms with van der Waals surface area (Å²) in [4.78, 5) is 20.8. The van der Waals surface area contributed by atoms with Crippen LogP contribution >= 0.6 is 11.3 Å². The first-order valence-corrected chi connectivity index (χ1v) is 22.5. The minimum atomic E-state index is 0.551. The minimum Gasteiger partial charge on any atom is -0.307 e. The number of aromatic nitrogens is 6. The summed E-state index contributed by atoms with van der Waals surface area (Å²) >= 11 is 1.72. The lowest BCUT2D eigenvalue weighted by molar-refractivity contribution is 0.953. The molecule has 0 bridgehead atoms. The lowest BCUT2D eigenvalue weighted by Gasteiger charge is -2.13. The van der Waals surface area contributed by atoms with E-state index in [2.05, 4.69) is 203 Å². The number of benzene rings is 9. The van der Waals surface area contributed by atoms with Crippen molar-refractivity contribution >= 4 is 65.2 Å². The molecule has 0 saturated carbocycles. The van der Waals surface area contributed by atoms with Gasteiger partial charge in [0, 0.05) is 43.9 Å². The molecule has 0 amide bonds. The van der Waals surface area contributed by atoms with E-state index in [1.54, 1.807) is 11.3 Å².